The summed E-state index contributed by atoms with van der Waals surface area (Å²) >= 11 is 12.7. The molecule has 0 spiro atoms. The lowest BCUT2D eigenvalue weighted by atomic mass is 9.82. The van der Waals surface area contributed by atoms with Gasteiger partial charge in [-0.15, -0.1) is 0 Å². The van der Waals surface area contributed by atoms with Crippen molar-refractivity contribution in [1.29, 1.82) is 0 Å². The molecule has 0 saturated heterocycles. The highest BCUT2D eigenvalue weighted by atomic mass is 35.5. The number of ether oxygens (including phenoxy) is 1. The summed E-state index contributed by atoms with van der Waals surface area (Å²) < 4.78 is 33.8. The molecule has 1 aliphatic carbocycles. The van der Waals surface area contributed by atoms with Gasteiger partial charge in [-0.1, -0.05) is 47.0 Å². The number of sulfonamides is 1. The number of hydrogen-bond acceptors (Lipinski definition) is 4. The summed E-state index contributed by atoms with van der Waals surface area (Å²) in [5.41, 5.74) is 1.58. The van der Waals surface area contributed by atoms with Gasteiger partial charge in [0.05, 0.1) is 17.4 Å². The number of halogens is 2. The van der Waals surface area contributed by atoms with Gasteiger partial charge in [-0.3, -0.25) is 4.79 Å². The number of hydrogen-bond donors (Lipinski definition) is 0. The van der Waals surface area contributed by atoms with E-state index in [1.807, 2.05) is 6.92 Å². The molecule has 1 saturated carbocycles. The smallest absolute Gasteiger partial charge is 0.308 e. The first-order valence-electron chi connectivity index (χ1n) is 10.9. The van der Waals surface area contributed by atoms with Crippen LogP contribution in [0.2, 0.25) is 10.0 Å². The van der Waals surface area contributed by atoms with Gasteiger partial charge in [-0.25, -0.2) is 8.42 Å². The van der Waals surface area contributed by atoms with E-state index in [1.165, 1.54) is 4.31 Å². The van der Waals surface area contributed by atoms with E-state index >= 15 is 0 Å². The standard InChI is InChI=1S/C24H29Cl2NO4S/c1-3-31-24(28)19-11-9-18(10-12-19)15-27(16-21-22(25)5-4-6-23(21)26)32(29,30)20-13-7-17(2)8-14-20/h4-8,13-14,18-19H,3,9-12,15-16H2,1-2H3. The van der Waals surface area contributed by atoms with E-state index in [0.717, 1.165) is 18.4 Å². The zero-order valence-corrected chi connectivity index (χ0v) is 20.7. The van der Waals surface area contributed by atoms with Gasteiger partial charge in [0.1, 0.15) is 0 Å². The number of aryl methyl sites for hydroxylation is 1. The first-order chi connectivity index (χ1) is 15.2. The van der Waals surface area contributed by atoms with Gasteiger partial charge in [-0.05, 0) is 69.7 Å². The molecule has 8 heteroatoms. The predicted molar refractivity (Wildman–Crippen MR) is 127 cm³/mol. The molecular weight excluding hydrogens is 469 g/mol. The topological polar surface area (TPSA) is 63.7 Å². The Balaban J connectivity index is 1.83. The largest absolute Gasteiger partial charge is 0.466 e. The van der Waals surface area contributed by atoms with Crippen LogP contribution in [-0.2, 0) is 26.1 Å². The van der Waals surface area contributed by atoms with E-state index in [4.69, 9.17) is 27.9 Å². The average Bonchev–Trinajstić information content (AvgIpc) is 2.76. The minimum absolute atomic E-state index is 0.0898. The predicted octanol–water partition coefficient (Wildman–Crippen LogP) is 5.86. The molecule has 3 rings (SSSR count). The Morgan fingerprint density at radius 3 is 2.19 bits per heavy atom. The summed E-state index contributed by atoms with van der Waals surface area (Å²) in [5, 5.41) is 0.875. The number of nitrogens with zero attached hydrogens (tertiary/aromatic N) is 1. The number of benzene rings is 2. The summed E-state index contributed by atoms with van der Waals surface area (Å²) in [6.07, 6.45) is 2.93. The molecule has 2 aromatic rings. The third-order valence-electron chi connectivity index (χ3n) is 5.98. The van der Waals surface area contributed by atoms with Crippen molar-refractivity contribution in [1.82, 2.24) is 4.31 Å². The third-order valence-corrected chi connectivity index (χ3v) is 8.52. The molecule has 174 valence electrons. The van der Waals surface area contributed by atoms with Crippen LogP contribution < -0.4 is 0 Å². The zero-order chi connectivity index (χ0) is 23.3. The lowest BCUT2D eigenvalue weighted by Gasteiger charge is -2.32. The van der Waals surface area contributed by atoms with E-state index in [9.17, 15) is 13.2 Å². The van der Waals surface area contributed by atoms with Crippen LogP contribution in [0.1, 0.15) is 43.7 Å². The minimum atomic E-state index is -3.76. The summed E-state index contributed by atoms with van der Waals surface area (Å²) in [5.74, 6) is -0.119. The van der Waals surface area contributed by atoms with E-state index in [0.29, 0.717) is 41.6 Å². The Morgan fingerprint density at radius 2 is 1.62 bits per heavy atom. The van der Waals surface area contributed by atoms with Crippen LogP contribution in [0.5, 0.6) is 0 Å². The summed E-state index contributed by atoms with van der Waals surface area (Å²) in [6, 6.07) is 12.0. The van der Waals surface area contributed by atoms with E-state index in [2.05, 4.69) is 0 Å². The molecule has 0 heterocycles. The molecule has 0 bridgehead atoms. The van der Waals surface area contributed by atoms with E-state index < -0.39 is 10.0 Å². The van der Waals surface area contributed by atoms with Crippen LogP contribution in [0.4, 0.5) is 0 Å². The highest BCUT2D eigenvalue weighted by Gasteiger charge is 2.32. The Bertz CT molecular complexity index is 1010. The molecule has 0 unspecified atom stereocenters. The first kappa shape index (κ1) is 25.0. The molecule has 0 aromatic heterocycles. The van der Waals surface area contributed by atoms with Crippen LogP contribution in [-0.4, -0.2) is 31.8 Å². The SMILES string of the molecule is CCOC(=O)C1CCC(CN(Cc2c(Cl)cccc2Cl)S(=O)(=O)c2ccc(C)cc2)CC1. The summed E-state index contributed by atoms with van der Waals surface area (Å²) in [6.45, 7) is 4.52. The average molecular weight is 498 g/mol. The van der Waals surface area contributed by atoms with Gasteiger partial charge in [0.2, 0.25) is 10.0 Å². The minimum Gasteiger partial charge on any atom is -0.466 e. The van der Waals surface area contributed by atoms with Gasteiger partial charge in [0, 0.05) is 28.7 Å². The highest BCUT2D eigenvalue weighted by molar-refractivity contribution is 7.89. The van der Waals surface area contributed by atoms with E-state index in [1.54, 1.807) is 49.4 Å². The molecule has 0 radical (unpaired) electrons. The number of rotatable bonds is 8. The first-order valence-corrected chi connectivity index (χ1v) is 13.1. The number of carbonyl (C=O) groups excluding carboxylic acids is 1. The molecule has 32 heavy (non-hydrogen) atoms. The van der Waals surface area contributed by atoms with Crippen LogP contribution in [0, 0.1) is 18.8 Å². The van der Waals surface area contributed by atoms with Crippen molar-refractivity contribution in [3.63, 3.8) is 0 Å². The lowest BCUT2D eigenvalue weighted by Crippen LogP contribution is -2.37. The maximum absolute atomic E-state index is 13.6. The van der Waals surface area contributed by atoms with Gasteiger partial charge in [0.15, 0.2) is 0 Å². The van der Waals surface area contributed by atoms with Crippen molar-refractivity contribution in [2.24, 2.45) is 11.8 Å². The Hall–Kier alpha value is -1.60. The van der Waals surface area contributed by atoms with E-state index in [-0.39, 0.29) is 29.2 Å². The second-order valence-corrected chi connectivity index (χ2v) is 11.0. The molecule has 0 amide bonds. The van der Waals surface area contributed by atoms with Gasteiger partial charge in [-0.2, -0.15) is 4.31 Å². The monoisotopic (exact) mass is 497 g/mol. The van der Waals surface area contributed by atoms with Gasteiger partial charge >= 0.3 is 5.97 Å². The molecule has 1 fully saturated rings. The van der Waals surface area contributed by atoms with Crippen molar-refractivity contribution in [2.45, 2.75) is 51.0 Å². The van der Waals surface area contributed by atoms with Crippen LogP contribution in [0.3, 0.4) is 0 Å². The number of esters is 1. The van der Waals surface area contributed by atoms with Crippen molar-refractivity contribution < 1.29 is 17.9 Å². The van der Waals surface area contributed by atoms with Gasteiger partial charge in [0.25, 0.3) is 0 Å². The molecule has 0 aliphatic heterocycles. The maximum atomic E-state index is 13.6. The Morgan fingerprint density at radius 1 is 1.03 bits per heavy atom. The summed E-state index contributed by atoms with van der Waals surface area (Å²) in [4.78, 5) is 12.3. The zero-order valence-electron chi connectivity index (χ0n) is 18.4. The molecule has 5 nitrogen and oxygen atoms in total. The Kier molecular flexibility index (Phi) is 8.62. The van der Waals surface area contributed by atoms with Crippen LogP contribution in [0.15, 0.2) is 47.4 Å². The van der Waals surface area contributed by atoms with Crippen LogP contribution in [0.25, 0.3) is 0 Å². The second-order valence-electron chi connectivity index (χ2n) is 8.28. The molecule has 0 N–H and O–H groups in total. The fraction of sp³-hybridized carbons (Fsp3) is 0.458. The number of carbonyl (C=O) groups is 1. The highest BCUT2D eigenvalue weighted by Crippen LogP contribution is 2.33. The quantitative estimate of drug-likeness (QED) is 0.428. The Labute approximate surface area is 200 Å². The second kappa shape index (κ2) is 11.0. The normalized spacial score (nSPS) is 19.2. The lowest BCUT2D eigenvalue weighted by molar-refractivity contribution is -0.149. The van der Waals surface area contributed by atoms with Crippen LogP contribution >= 0.6 is 23.2 Å². The third kappa shape index (κ3) is 6.04. The molecule has 2 aromatic carbocycles. The summed E-state index contributed by atoms with van der Waals surface area (Å²) in [7, 11) is -3.76. The molecule has 0 atom stereocenters. The van der Waals surface area contributed by atoms with Crippen molar-refractivity contribution in [2.75, 3.05) is 13.2 Å². The van der Waals surface area contributed by atoms with Crippen molar-refractivity contribution in [3.05, 3.63) is 63.6 Å². The molecule has 1 aliphatic rings. The molecular formula is C24H29Cl2NO4S. The fourth-order valence-corrected chi connectivity index (χ4v) is 6.10. The van der Waals surface area contributed by atoms with Gasteiger partial charge < -0.3 is 4.74 Å². The van der Waals surface area contributed by atoms with Crippen molar-refractivity contribution >= 4 is 39.2 Å². The fourth-order valence-electron chi connectivity index (χ4n) is 4.10. The maximum Gasteiger partial charge on any atom is 0.308 e. The van der Waals surface area contributed by atoms with Crippen molar-refractivity contribution in [3.8, 4) is 0 Å².